The second-order valence-electron chi connectivity index (χ2n) is 6.01. The largest absolute Gasteiger partial charge is 0.350 e. The lowest BCUT2D eigenvalue weighted by Gasteiger charge is -2.31. The molecule has 0 bridgehead atoms. The maximum atomic E-state index is 12.4. The van der Waals surface area contributed by atoms with Crippen molar-refractivity contribution in [3.05, 3.63) is 54.9 Å². The highest BCUT2D eigenvalue weighted by molar-refractivity contribution is 5.88. The fourth-order valence-electron chi connectivity index (χ4n) is 2.90. The monoisotopic (exact) mass is 339 g/mol. The van der Waals surface area contributed by atoms with Crippen molar-refractivity contribution in [2.24, 2.45) is 5.92 Å². The van der Waals surface area contributed by atoms with Gasteiger partial charge in [0.15, 0.2) is 0 Å². The zero-order chi connectivity index (χ0) is 17.6. The molecule has 2 amide bonds. The first-order chi connectivity index (χ1) is 12.2. The molecule has 1 aliphatic heterocycles. The van der Waals surface area contributed by atoms with E-state index < -0.39 is 0 Å². The normalized spacial score (nSPS) is 17.1. The van der Waals surface area contributed by atoms with E-state index in [0.29, 0.717) is 25.3 Å². The van der Waals surface area contributed by atoms with E-state index in [2.05, 4.69) is 22.1 Å². The molecule has 7 heteroatoms. The number of hydrogen-bond donors (Lipinski definition) is 1. The molecular weight excluding hydrogens is 318 g/mol. The van der Waals surface area contributed by atoms with Gasteiger partial charge in [0, 0.05) is 13.1 Å². The summed E-state index contributed by atoms with van der Waals surface area (Å²) in [5.41, 5.74) is 1.55. The summed E-state index contributed by atoms with van der Waals surface area (Å²) in [4.78, 5) is 27.3. The highest BCUT2D eigenvalue weighted by Crippen LogP contribution is 2.17. The number of rotatable bonds is 5. The molecule has 2 heterocycles. The van der Waals surface area contributed by atoms with Gasteiger partial charge in [-0.05, 0) is 31.1 Å². The molecule has 1 aromatic heterocycles. The van der Waals surface area contributed by atoms with Crippen LogP contribution in [0.1, 0.15) is 18.5 Å². The summed E-state index contributed by atoms with van der Waals surface area (Å²) >= 11 is 0. The summed E-state index contributed by atoms with van der Waals surface area (Å²) < 4.78 is 0. The third-order valence-electron chi connectivity index (χ3n) is 4.25. The Balaban J connectivity index is 1.55. The average molecular weight is 339 g/mol. The standard InChI is InChI=1S/C18H21N5O2/c1-2-17(24)22-10-6-7-14(13-22)18(25)19-11-15-12-20-23(21-15)16-8-4-3-5-9-16/h2-5,8-9,12,14H,1,6-7,10-11,13H2,(H,19,25). The maximum absolute atomic E-state index is 12.4. The Hall–Kier alpha value is -2.96. The number of likely N-dealkylation sites (tertiary alicyclic amines) is 1. The van der Waals surface area contributed by atoms with Crippen molar-refractivity contribution in [2.45, 2.75) is 19.4 Å². The number of nitrogens with zero attached hydrogens (tertiary/aromatic N) is 4. The number of piperidine rings is 1. The molecule has 0 radical (unpaired) electrons. The van der Waals surface area contributed by atoms with Crippen LogP contribution in [0, 0.1) is 5.92 Å². The number of nitrogens with one attached hydrogen (secondary N) is 1. The van der Waals surface area contributed by atoms with Gasteiger partial charge in [-0.15, -0.1) is 0 Å². The van der Waals surface area contributed by atoms with E-state index in [1.165, 1.54) is 10.9 Å². The Labute approximate surface area is 146 Å². The molecule has 25 heavy (non-hydrogen) atoms. The summed E-state index contributed by atoms with van der Waals surface area (Å²) in [6.07, 6.45) is 4.54. The first-order valence-electron chi connectivity index (χ1n) is 8.33. The zero-order valence-corrected chi connectivity index (χ0v) is 14.0. The smallest absolute Gasteiger partial charge is 0.245 e. The molecule has 1 aliphatic rings. The molecule has 1 saturated heterocycles. The quantitative estimate of drug-likeness (QED) is 0.833. The Morgan fingerprint density at radius 2 is 2.12 bits per heavy atom. The van der Waals surface area contributed by atoms with Gasteiger partial charge < -0.3 is 10.2 Å². The highest BCUT2D eigenvalue weighted by Gasteiger charge is 2.27. The fraction of sp³-hybridized carbons (Fsp3) is 0.333. The highest BCUT2D eigenvalue weighted by atomic mass is 16.2. The van der Waals surface area contributed by atoms with Gasteiger partial charge in [-0.25, -0.2) is 0 Å². The van der Waals surface area contributed by atoms with E-state index in [1.807, 2.05) is 30.3 Å². The van der Waals surface area contributed by atoms with Crippen molar-refractivity contribution >= 4 is 11.8 Å². The summed E-state index contributed by atoms with van der Waals surface area (Å²) in [5.74, 6) is -0.374. The van der Waals surface area contributed by atoms with Gasteiger partial charge in [0.25, 0.3) is 0 Å². The van der Waals surface area contributed by atoms with Crippen LogP contribution >= 0.6 is 0 Å². The molecule has 1 aromatic carbocycles. The van der Waals surface area contributed by atoms with E-state index in [-0.39, 0.29) is 17.7 Å². The van der Waals surface area contributed by atoms with Gasteiger partial charge in [-0.1, -0.05) is 24.8 Å². The molecule has 7 nitrogen and oxygen atoms in total. The number of amides is 2. The molecule has 1 fully saturated rings. The van der Waals surface area contributed by atoms with Crippen LogP contribution in [0.4, 0.5) is 0 Å². The van der Waals surface area contributed by atoms with Crippen molar-refractivity contribution in [3.8, 4) is 5.69 Å². The lowest BCUT2D eigenvalue weighted by molar-refractivity contribution is -0.132. The van der Waals surface area contributed by atoms with E-state index >= 15 is 0 Å². The minimum atomic E-state index is -0.193. The van der Waals surface area contributed by atoms with Crippen LogP contribution in [0.3, 0.4) is 0 Å². The van der Waals surface area contributed by atoms with Crippen LogP contribution in [-0.2, 0) is 16.1 Å². The van der Waals surface area contributed by atoms with Crippen molar-refractivity contribution in [3.63, 3.8) is 0 Å². The van der Waals surface area contributed by atoms with E-state index in [0.717, 1.165) is 18.5 Å². The number of para-hydroxylation sites is 1. The Bertz CT molecular complexity index is 756. The van der Waals surface area contributed by atoms with Crippen LogP contribution < -0.4 is 5.32 Å². The molecule has 1 atom stereocenters. The van der Waals surface area contributed by atoms with Crippen LogP contribution in [0.5, 0.6) is 0 Å². The summed E-state index contributed by atoms with van der Waals surface area (Å²) in [7, 11) is 0. The second-order valence-corrected chi connectivity index (χ2v) is 6.01. The lowest BCUT2D eigenvalue weighted by Crippen LogP contribution is -2.44. The van der Waals surface area contributed by atoms with Gasteiger partial charge in [0.05, 0.1) is 24.3 Å². The van der Waals surface area contributed by atoms with Crippen molar-refractivity contribution in [2.75, 3.05) is 13.1 Å². The molecule has 130 valence electrons. The second kappa shape index (κ2) is 7.74. The van der Waals surface area contributed by atoms with Gasteiger partial charge in [0.2, 0.25) is 11.8 Å². The third-order valence-corrected chi connectivity index (χ3v) is 4.25. The number of aromatic nitrogens is 3. The van der Waals surface area contributed by atoms with E-state index in [4.69, 9.17) is 0 Å². The van der Waals surface area contributed by atoms with Crippen molar-refractivity contribution in [1.82, 2.24) is 25.2 Å². The third kappa shape index (κ3) is 4.12. The first kappa shape index (κ1) is 16.9. The Morgan fingerprint density at radius 1 is 1.32 bits per heavy atom. The molecule has 2 aromatic rings. The maximum Gasteiger partial charge on any atom is 0.245 e. The Kier molecular flexibility index (Phi) is 5.23. The van der Waals surface area contributed by atoms with E-state index in [9.17, 15) is 9.59 Å². The predicted octanol–water partition coefficient (Wildman–Crippen LogP) is 1.31. The van der Waals surface area contributed by atoms with Crippen LogP contribution in [0.15, 0.2) is 49.2 Å². The fourth-order valence-corrected chi connectivity index (χ4v) is 2.90. The van der Waals surface area contributed by atoms with Crippen LogP contribution in [0.2, 0.25) is 0 Å². The van der Waals surface area contributed by atoms with E-state index in [1.54, 1.807) is 11.1 Å². The van der Waals surface area contributed by atoms with Gasteiger partial charge in [-0.2, -0.15) is 15.0 Å². The number of benzene rings is 1. The zero-order valence-electron chi connectivity index (χ0n) is 14.0. The van der Waals surface area contributed by atoms with Crippen molar-refractivity contribution in [1.29, 1.82) is 0 Å². The first-order valence-corrected chi connectivity index (χ1v) is 8.33. The Morgan fingerprint density at radius 3 is 2.88 bits per heavy atom. The predicted molar refractivity (Wildman–Crippen MR) is 92.7 cm³/mol. The van der Waals surface area contributed by atoms with Gasteiger partial charge in [0.1, 0.15) is 5.69 Å². The summed E-state index contributed by atoms with van der Waals surface area (Å²) in [5, 5.41) is 11.5. The molecule has 0 spiro atoms. The van der Waals surface area contributed by atoms with Gasteiger partial charge in [-0.3, -0.25) is 9.59 Å². The topological polar surface area (TPSA) is 80.1 Å². The van der Waals surface area contributed by atoms with Crippen molar-refractivity contribution < 1.29 is 9.59 Å². The molecule has 1 unspecified atom stereocenters. The number of carbonyl (C=O) groups is 2. The molecular formula is C18H21N5O2. The summed E-state index contributed by atoms with van der Waals surface area (Å²) in [6.45, 7) is 4.94. The molecule has 1 N–H and O–H groups in total. The number of carbonyl (C=O) groups excluding carboxylic acids is 2. The molecule has 0 saturated carbocycles. The summed E-state index contributed by atoms with van der Waals surface area (Å²) in [6, 6.07) is 9.59. The van der Waals surface area contributed by atoms with Crippen LogP contribution in [-0.4, -0.2) is 44.8 Å². The average Bonchev–Trinajstić information content (AvgIpc) is 3.15. The lowest BCUT2D eigenvalue weighted by atomic mass is 9.97. The molecule has 3 rings (SSSR count). The number of hydrogen-bond acceptors (Lipinski definition) is 4. The SMILES string of the molecule is C=CC(=O)N1CCCC(C(=O)NCc2cnn(-c3ccccc3)n2)C1. The van der Waals surface area contributed by atoms with Gasteiger partial charge >= 0.3 is 0 Å². The molecule has 0 aliphatic carbocycles. The van der Waals surface area contributed by atoms with Crippen LogP contribution in [0.25, 0.3) is 5.69 Å². The minimum Gasteiger partial charge on any atom is -0.350 e. The minimum absolute atomic E-state index is 0.0594.